The van der Waals surface area contributed by atoms with Crippen LogP contribution in [0.1, 0.15) is 58.6 Å². The van der Waals surface area contributed by atoms with Gasteiger partial charge in [-0.2, -0.15) is 5.10 Å². The molecule has 4 rings (SSSR count). The van der Waals surface area contributed by atoms with Gasteiger partial charge in [-0.3, -0.25) is 14.4 Å². The van der Waals surface area contributed by atoms with Gasteiger partial charge >= 0.3 is 6.09 Å². The number of rotatable bonds is 9. The van der Waals surface area contributed by atoms with E-state index in [9.17, 15) is 19.2 Å². The molecule has 1 fully saturated rings. The minimum absolute atomic E-state index is 0.133. The number of ether oxygens (including phenoxy) is 1. The van der Waals surface area contributed by atoms with Crippen LogP contribution < -0.4 is 10.6 Å². The van der Waals surface area contributed by atoms with E-state index in [1.807, 2.05) is 42.5 Å². The number of fused-ring (bicyclic) bond motifs is 1. The Morgan fingerprint density at radius 2 is 1.80 bits per heavy atom. The third kappa shape index (κ3) is 8.24. The van der Waals surface area contributed by atoms with Crippen molar-refractivity contribution in [3.63, 3.8) is 0 Å². The Kier molecular flexibility index (Phi) is 10.3. The average Bonchev–Trinajstić information content (AvgIpc) is 3.19. The van der Waals surface area contributed by atoms with Crippen LogP contribution in [-0.2, 0) is 32.0 Å². The lowest BCUT2D eigenvalue weighted by Crippen LogP contribution is -2.62. The van der Waals surface area contributed by atoms with Crippen LogP contribution in [0.5, 0.6) is 0 Å². The van der Waals surface area contributed by atoms with E-state index in [0.29, 0.717) is 30.8 Å². The van der Waals surface area contributed by atoms with Crippen molar-refractivity contribution in [2.24, 2.45) is 10.5 Å². The van der Waals surface area contributed by atoms with Crippen molar-refractivity contribution in [2.45, 2.75) is 77.5 Å². The molecule has 2 aromatic rings. The maximum absolute atomic E-state index is 14.3. The summed E-state index contributed by atoms with van der Waals surface area (Å²) in [6.45, 7) is 8.76. The molecule has 2 heterocycles. The molecule has 0 aliphatic carbocycles. The Morgan fingerprint density at radius 1 is 1.11 bits per heavy atom. The molecular weight excluding hydrogens is 662 g/mol. The second-order valence-electron chi connectivity index (χ2n) is 13.2. The quantitative estimate of drug-likeness (QED) is 0.377. The van der Waals surface area contributed by atoms with E-state index in [0.717, 1.165) is 21.3 Å². The lowest BCUT2D eigenvalue weighted by Gasteiger charge is -2.41. The number of amides is 4. The molecule has 45 heavy (non-hydrogen) atoms. The number of alkyl carbamates (subject to hydrolysis) is 1. The molecule has 0 radical (unpaired) electrons. The number of hydrogen-bond acceptors (Lipinski definition) is 6. The number of likely N-dealkylation sites (tertiary alicyclic amines) is 1. The number of piperidine rings is 1. The first kappa shape index (κ1) is 34.4. The zero-order valence-electron chi connectivity index (χ0n) is 26.6. The molecule has 0 bridgehead atoms. The summed E-state index contributed by atoms with van der Waals surface area (Å²) in [6, 6.07) is 14.2. The fraction of sp³-hybridized carbons (Fsp3) is 0.485. The predicted octanol–water partition coefficient (Wildman–Crippen LogP) is 5.11. The maximum Gasteiger partial charge on any atom is 0.408 e. The van der Waals surface area contributed by atoms with E-state index < -0.39 is 34.6 Å². The first-order valence-corrected chi connectivity index (χ1v) is 16.1. The van der Waals surface area contributed by atoms with Crippen molar-refractivity contribution in [1.29, 1.82) is 0 Å². The van der Waals surface area contributed by atoms with Crippen LogP contribution in [0.15, 0.2) is 58.1 Å². The first-order chi connectivity index (χ1) is 21.0. The summed E-state index contributed by atoms with van der Waals surface area (Å²) in [6.07, 6.45) is 0.727. The van der Waals surface area contributed by atoms with Gasteiger partial charge in [0.1, 0.15) is 22.6 Å². The van der Waals surface area contributed by atoms with Gasteiger partial charge in [-0.25, -0.2) is 9.80 Å². The van der Waals surface area contributed by atoms with E-state index in [1.54, 1.807) is 52.6 Å². The van der Waals surface area contributed by atoms with Crippen molar-refractivity contribution >= 4 is 57.1 Å². The molecule has 2 aromatic carbocycles. The zero-order chi connectivity index (χ0) is 33.2. The van der Waals surface area contributed by atoms with Gasteiger partial charge in [0.15, 0.2) is 0 Å². The number of nitrogens with zero attached hydrogens (tertiary/aromatic N) is 3. The molecule has 1 unspecified atom stereocenters. The highest BCUT2D eigenvalue weighted by atomic mass is 79.9. The van der Waals surface area contributed by atoms with E-state index in [2.05, 4.69) is 31.7 Å². The molecule has 242 valence electrons. The lowest BCUT2D eigenvalue weighted by molar-refractivity contribution is -0.142. The third-order valence-electron chi connectivity index (χ3n) is 7.97. The van der Waals surface area contributed by atoms with Crippen molar-refractivity contribution in [2.75, 3.05) is 20.1 Å². The van der Waals surface area contributed by atoms with Gasteiger partial charge in [0, 0.05) is 36.1 Å². The molecule has 1 saturated heterocycles. The molecule has 0 spiro atoms. The van der Waals surface area contributed by atoms with Gasteiger partial charge in [-0.15, -0.1) is 0 Å². The molecular formula is C33H41BrClN5O5. The zero-order valence-corrected chi connectivity index (χ0v) is 28.9. The Labute approximate surface area is 278 Å². The smallest absolute Gasteiger partial charge is 0.408 e. The van der Waals surface area contributed by atoms with Crippen LogP contribution in [0.4, 0.5) is 4.79 Å². The van der Waals surface area contributed by atoms with Crippen molar-refractivity contribution in [3.8, 4) is 0 Å². The molecule has 12 heteroatoms. The van der Waals surface area contributed by atoms with Gasteiger partial charge in [0.2, 0.25) is 11.8 Å². The number of carbonyl (C=O) groups excluding carboxylic acids is 4. The number of halogens is 2. The van der Waals surface area contributed by atoms with Crippen LogP contribution >= 0.6 is 27.5 Å². The van der Waals surface area contributed by atoms with Crippen molar-refractivity contribution in [1.82, 2.24) is 20.5 Å². The van der Waals surface area contributed by atoms with Gasteiger partial charge in [-0.05, 0) is 77.1 Å². The highest BCUT2D eigenvalue weighted by Gasteiger charge is 2.54. The van der Waals surface area contributed by atoms with Crippen molar-refractivity contribution in [3.05, 3.63) is 69.2 Å². The van der Waals surface area contributed by atoms with Gasteiger partial charge in [-0.1, -0.05) is 63.9 Å². The topological polar surface area (TPSA) is 120 Å². The second kappa shape index (κ2) is 13.5. The van der Waals surface area contributed by atoms with E-state index >= 15 is 0 Å². The summed E-state index contributed by atoms with van der Waals surface area (Å²) >= 11 is 9.90. The first-order valence-electron chi connectivity index (χ1n) is 15.0. The fourth-order valence-corrected chi connectivity index (χ4v) is 6.44. The number of nitrogens with one attached hydrogen (secondary N) is 2. The second-order valence-corrected chi connectivity index (χ2v) is 14.5. The summed E-state index contributed by atoms with van der Waals surface area (Å²) in [7, 11) is 1.64. The highest BCUT2D eigenvalue weighted by Crippen LogP contribution is 2.38. The number of carbonyl (C=O) groups is 4. The Hall–Kier alpha value is -3.44. The predicted molar refractivity (Wildman–Crippen MR) is 177 cm³/mol. The van der Waals surface area contributed by atoms with Gasteiger partial charge in [0.25, 0.3) is 5.91 Å². The van der Waals surface area contributed by atoms with Gasteiger partial charge < -0.3 is 20.3 Å². The third-order valence-corrected chi connectivity index (χ3v) is 8.81. The molecule has 10 nitrogen and oxygen atoms in total. The summed E-state index contributed by atoms with van der Waals surface area (Å²) in [4.78, 5) is 55.7. The molecule has 2 aliphatic rings. The largest absolute Gasteiger partial charge is 0.444 e. The number of hydrogen-bond donors (Lipinski definition) is 2. The standard InChI is InChI=1S/C33H41BrClN5O5/c1-31(2,3)45-30(44)37-32(4,5)28(42)36-25(15-13-22-12-14-23(34)18-24(22)35)27(41)40-17-16-26-33(20-40,29(43)39(6)38-26)19-21-10-8-7-9-11-21/h7-12,14,18,25H,13,15-17,19-20H2,1-6H3,(H,36,42)(H,37,44)/t25?,33-/m1/s1. The van der Waals surface area contributed by atoms with Crippen molar-refractivity contribution < 1.29 is 23.9 Å². The van der Waals surface area contributed by atoms with E-state index in [4.69, 9.17) is 16.3 Å². The minimum atomic E-state index is -1.39. The number of hydrazone groups is 1. The minimum Gasteiger partial charge on any atom is -0.444 e. The molecule has 4 amide bonds. The van der Waals surface area contributed by atoms with Crippen LogP contribution in [0.2, 0.25) is 5.02 Å². The lowest BCUT2D eigenvalue weighted by atomic mass is 9.73. The van der Waals surface area contributed by atoms with E-state index in [1.165, 1.54) is 5.01 Å². The van der Waals surface area contributed by atoms with Crippen LogP contribution in [-0.4, -0.2) is 76.8 Å². The number of aryl methyl sites for hydroxylation is 1. The highest BCUT2D eigenvalue weighted by molar-refractivity contribution is 9.10. The summed E-state index contributed by atoms with van der Waals surface area (Å²) < 4.78 is 6.17. The van der Waals surface area contributed by atoms with Crippen LogP contribution in [0, 0.1) is 5.41 Å². The normalized spacial score (nSPS) is 19.0. The summed E-state index contributed by atoms with van der Waals surface area (Å²) in [5.74, 6) is -1.04. The molecule has 2 aliphatic heterocycles. The Bertz CT molecular complexity index is 1490. The fourth-order valence-electron chi connectivity index (χ4n) is 5.67. The summed E-state index contributed by atoms with van der Waals surface area (Å²) in [5, 5.41) is 11.9. The average molecular weight is 703 g/mol. The molecule has 0 aromatic heterocycles. The monoisotopic (exact) mass is 701 g/mol. The van der Waals surface area contributed by atoms with Crippen LogP contribution in [0.3, 0.4) is 0 Å². The van der Waals surface area contributed by atoms with Crippen LogP contribution in [0.25, 0.3) is 0 Å². The Morgan fingerprint density at radius 3 is 2.44 bits per heavy atom. The number of benzene rings is 2. The maximum atomic E-state index is 14.3. The van der Waals surface area contributed by atoms with E-state index in [-0.39, 0.29) is 24.8 Å². The molecule has 0 saturated carbocycles. The van der Waals surface area contributed by atoms with Gasteiger partial charge in [0.05, 0.1) is 5.71 Å². The molecule has 2 N–H and O–H groups in total. The summed E-state index contributed by atoms with van der Waals surface area (Å²) in [5.41, 5.74) is -0.599. The Balaban J connectivity index is 1.59. The molecule has 2 atom stereocenters. The SMILES string of the molecule is CN1N=C2CCN(C(=O)C(CCc3ccc(Br)cc3Cl)NC(=O)C(C)(C)NC(=O)OC(C)(C)C)C[C@@]2(Cc2ccccc2)C1=O.